The number of ether oxygens (including phenoxy) is 1. The van der Waals surface area contributed by atoms with Crippen molar-refractivity contribution in [3.8, 4) is 0 Å². The summed E-state index contributed by atoms with van der Waals surface area (Å²) < 4.78 is 4.85. The van der Waals surface area contributed by atoms with Gasteiger partial charge in [0.15, 0.2) is 0 Å². The maximum absolute atomic E-state index is 12.4. The van der Waals surface area contributed by atoms with E-state index in [9.17, 15) is 9.59 Å². The van der Waals surface area contributed by atoms with Gasteiger partial charge in [0.05, 0.1) is 18.7 Å². The number of nitrogens with one attached hydrogen (secondary N) is 2. The largest absolute Gasteiger partial charge is 0.383 e. The summed E-state index contributed by atoms with van der Waals surface area (Å²) in [7, 11) is 3.18. The van der Waals surface area contributed by atoms with Crippen molar-refractivity contribution in [2.45, 2.75) is 0 Å². The van der Waals surface area contributed by atoms with Crippen LogP contribution in [0.15, 0.2) is 30.5 Å². The van der Waals surface area contributed by atoms with Gasteiger partial charge in [0.25, 0.3) is 5.91 Å². The molecule has 0 unspecified atom stereocenters. The molecule has 6 heteroatoms. The number of aromatic nitrogens is 1. The Balaban J connectivity index is 2.01. The molecule has 0 radical (unpaired) electrons. The molecule has 2 N–H and O–H groups in total. The van der Waals surface area contributed by atoms with E-state index in [0.29, 0.717) is 18.7 Å². The number of aromatic amines is 1. The Labute approximate surface area is 123 Å². The van der Waals surface area contributed by atoms with E-state index in [1.54, 1.807) is 20.4 Å². The molecule has 112 valence electrons. The van der Waals surface area contributed by atoms with E-state index in [0.717, 1.165) is 10.9 Å². The summed E-state index contributed by atoms with van der Waals surface area (Å²) in [5, 5.41) is 3.54. The lowest BCUT2D eigenvalue weighted by Gasteiger charge is -2.16. The molecule has 0 aliphatic carbocycles. The Morgan fingerprint density at radius 2 is 2.10 bits per heavy atom. The number of para-hydroxylation sites is 1. The van der Waals surface area contributed by atoms with E-state index in [1.807, 2.05) is 24.3 Å². The molecule has 1 aromatic heterocycles. The minimum absolute atomic E-state index is 0.0159. The molecule has 1 aromatic carbocycles. The fourth-order valence-electron chi connectivity index (χ4n) is 2.09. The van der Waals surface area contributed by atoms with Gasteiger partial charge in [-0.15, -0.1) is 0 Å². The summed E-state index contributed by atoms with van der Waals surface area (Å²) >= 11 is 0. The number of hydrogen-bond donors (Lipinski definition) is 2. The highest BCUT2D eigenvalue weighted by molar-refractivity contribution is 6.07. The third kappa shape index (κ3) is 3.61. The number of carbonyl (C=O) groups excluding carboxylic acids is 2. The van der Waals surface area contributed by atoms with Crippen LogP contribution in [-0.2, 0) is 9.53 Å². The quantitative estimate of drug-likeness (QED) is 0.779. The van der Waals surface area contributed by atoms with Crippen LogP contribution in [0.4, 0.5) is 0 Å². The molecule has 2 aromatic rings. The standard InChI is InChI=1S/C15H19N3O3/c1-18(10-14(19)16-7-8-21-2)15(20)12-9-17-13-6-4-3-5-11(12)13/h3-6,9,17H,7-8,10H2,1-2H3,(H,16,19). The Hall–Kier alpha value is -2.34. The third-order valence-corrected chi connectivity index (χ3v) is 3.18. The van der Waals surface area contributed by atoms with Crippen molar-refractivity contribution in [1.29, 1.82) is 0 Å². The average molecular weight is 289 g/mol. The lowest BCUT2D eigenvalue weighted by atomic mass is 10.1. The lowest BCUT2D eigenvalue weighted by Crippen LogP contribution is -2.39. The van der Waals surface area contributed by atoms with Gasteiger partial charge < -0.3 is 19.9 Å². The Morgan fingerprint density at radius 1 is 1.33 bits per heavy atom. The van der Waals surface area contributed by atoms with Crippen molar-refractivity contribution in [3.05, 3.63) is 36.0 Å². The Morgan fingerprint density at radius 3 is 2.86 bits per heavy atom. The number of rotatable bonds is 6. The summed E-state index contributed by atoms with van der Waals surface area (Å²) in [5.74, 6) is -0.392. The van der Waals surface area contributed by atoms with Crippen molar-refractivity contribution >= 4 is 22.7 Å². The number of fused-ring (bicyclic) bond motifs is 1. The number of methoxy groups -OCH3 is 1. The molecule has 0 aliphatic rings. The molecule has 6 nitrogen and oxygen atoms in total. The van der Waals surface area contributed by atoms with Crippen molar-refractivity contribution in [2.75, 3.05) is 33.9 Å². The molecule has 0 atom stereocenters. The Bertz CT molecular complexity index is 636. The van der Waals surface area contributed by atoms with Gasteiger partial charge in [-0.1, -0.05) is 18.2 Å². The van der Waals surface area contributed by atoms with Gasteiger partial charge in [0.1, 0.15) is 0 Å². The number of likely N-dealkylation sites (N-methyl/N-ethyl adjacent to an activating group) is 1. The number of hydrogen-bond acceptors (Lipinski definition) is 3. The number of amides is 2. The zero-order valence-electron chi connectivity index (χ0n) is 12.2. The van der Waals surface area contributed by atoms with Crippen LogP contribution < -0.4 is 5.32 Å². The van der Waals surface area contributed by atoms with Crippen molar-refractivity contribution < 1.29 is 14.3 Å². The van der Waals surface area contributed by atoms with E-state index >= 15 is 0 Å². The topological polar surface area (TPSA) is 74.4 Å². The van der Waals surface area contributed by atoms with Crippen LogP contribution in [0.1, 0.15) is 10.4 Å². The molecule has 21 heavy (non-hydrogen) atoms. The molecule has 2 rings (SSSR count). The van der Waals surface area contributed by atoms with Crippen molar-refractivity contribution in [3.63, 3.8) is 0 Å². The minimum atomic E-state index is -0.206. The van der Waals surface area contributed by atoms with E-state index in [-0.39, 0.29) is 18.4 Å². The maximum atomic E-state index is 12.4. The van der Waals surface area contributed by atoms with Crippen LogP contribution in [-0.4, -0.2) is 55.6 Å². The van der Waals surface area contributed by atoms with E-state index < -0.39 is 0 Å². The van der Waals surface area contributed by atoms with E-state index in [2.05, 4.69) is 10.3 Å². The van der Waals surface area contributed by atoms with Gasteiger partial charge in [0, 0.05) is 37.8 Å². The maximum Gasteiger partial charge on any atom is 0.256 e. The van der Waals surface area contributed by atoms with Crippen LogP contribution in [0.5, 0.6) is 0 Å². The van der Waals surface area contributed by atoms with Gasteiger partial charge in [-0.3, -0.25) is 9.59 Å². The highest BCUT2D eigenvalue weighted by Crippen LogP contribution is 2.18. The molecule has 0 saturated carbocycles. The van der Waals surface area contributed by atoms with Gasteiger partial charge in [-0.05, 0) is 6.07 Å². The summed E-state index contributed by atoms with van der Waals surface area (Å²) in [4.78, 5) is 28.5. The van der Waals surface area contributed by atoms with Gasteiger partial charge >= 0.3 is 0 Å². The summed E-state index contributed by atoms with van der Waals surface area (Å²) in [6.07, 6.45) is 1.67. The lowest BCUT2D eigenvalue weighted by molar-refractivity contribution is -0.121. The molecule has 1 heterocycles. The fourth-order valence-corrected chi connectivity index (χ4v) is 2.09. The molecular weight excluding hydrogens is 270 g/mol. The molecule has 0 aliphatic heterocycles. The second kappa shape index (κ2) is 6.90. The van der Waals surface area contributed by atoms with Gasteiger partial charge in [-0.2, -0.15) is 0 Å². The zero-order chi connectivity index (χ0) is 15.2. The first-order chi connectivity index (χ1) is 10.1. The Kier molecular flexibility index (Phi) is 4.94. The van der Waals surface area contributed by atoms with Crippen LogP contribution in [0, 0.1) is 0 Å². The van der Waals surface area contributed by atoms with Crippen LogP contribution >= 0.6 is 0 Å². The molecule has 0 saturated heterocycles. The predicted molar refractivity (Wildman–Crippen MR) is 80.1 cm³/mol. The molecule has 0 fully saturated rings. The number of benzene rings is 1. The summed E-state index contributed by atoms with van der Waals surface area (Å²) in [5.41, 5.74) is 1.47. The van der Waals surface area contributed by atoms with Crippen LogP contribution in [0.2, 0.25) is 0 Å². The smallest absolute Gasteiger partial charge is 0.256 e. The molecule has 0 spiro atoms. The first kappa shape index (κ1) is 15.1. The zero-order valence-corrected chi connectivity index (χ0v) is 12.2. The first-order valence-electron chi connectivity index (χ1n) is 6.70. The monoisotopic (exact) mass is 289 g/mol. The second-order valence-electron chi connectivity index (χ2n) is 4.75. The average Bonchev–Trinajstić information content (AvgIpc) is 2.90. The van der Waals surface area contributed by atoms with Crippen molar-refractivity contribution in [1.82, 2.24) is 15.2 Å². The number of H-pyrrole nitrogens is 1. The first-order valence-corrected chi connectivity index (χ1v) is 6.70. The summed E-state index contributed by atoms with van der Waals surface area (Å²) in [6, 6.07) is 7.57. The number of nitrogens with zero attached hydrogens (tertiary/aromatic N) is 1. The minimum Gasteiger partial charge on any atom is -0.383 e. The highest BCUT2D eigenvalue weighted by atomic mass is 16.5. The summed E-state index contributed by atoms with van der Waals surface area (Å²) in [6.45, 7) is 0.901. The van der Waals surface area contributed by atoms with Crippen molar-refractivity contribution in [2.24, 2.45) is 0 Å². The molecular formula is C15H19N3O3. The van der Waals surface area contributed by atoms with Gasteiger partial charge in [-0.25, -0.2) is 0 Å². The SMILES string of the molecule is COCCNC(=O)CN(C)C(=O)c1c[nH]c2ccccc12. The highest BCUT2D eigenvalue weighted by Gasteiger charge is 2.17. The number of carbonyl (C=O) groups is 2. The fraction of sp³-hybridized carbons (Fsp3) is 0.333. The van der Waals surface area contributed by atoms with Crippen LogP contribution in [0.25, 0.3) is 10.9 Å². The second-order valence-corrected chi connectivity index (χ2v) is 4.75. The third-order valence-electron chi connectivity index (χ3n) is 3.18. The van der Waals surface area contributed by atoms with E-state index in [4.69, 9.17) is 4.74 Å². The van der Waals surface area contributed by atoms with E-state index in [1.165, 1.54) is 4.90 Å². The van der Waals surface area contributed by atoms with Gasteiger partial charge in [0.2, 0.25) is 5.91 Å². The molecule has 2 amide bonds. The van der Waals surface area contributed by atoms with Crippen LogP contribution in [0.3, 0.4) is 0 Å². The normalized spacial score (nSPS) is 10.6. The predicted octanol–water partition coefficient (Wildman–Crippen LogP) is 1.00. The molecule has 0 bridgehead atoms.